The summed E-state index contributed by atoms with van der Waals surface area (Å²) in [6, 6.07) is 5.85. The van der Waals surface area contributed by atoms with Crippen LogP contribution >= 0.6 is 0 Å². The molecule has 0 spiro atoms. The summed E-state index contributed by atoms with van der Waals surface area (Å²) in [5, 5.41) is 0. The number of anilines is 1. The molecule has 0 N–H and O–H groups in total. The summed E-state index contributed by atoms with van der Waals surface area (Å²) in [5.41, 5.74) is 0.488. The van der Waals surface area contributed by atoms with Crippen molar-refractivity contribution in [3.63, 3.8) is 0 Å². The van der Waals surface area contributed by atoms with E-state index in [0.29, 0.717) is 44.5 Å². The lowest BCUT2D eigenvalue weighted by Gasteiger charge is -2.39. The van der Waals surface area contributed by atoms with E-state index in [1.54, 1.807) is 6.07 Å². The van der Waals surface area contributed by atoms with Gasteiger partial charge in [-0.25, -0.2) is 0 Å². The first-order valence-corrected chi connectivity index (χ1v) is 10.9. The number of alkyl halides is 3. The van der Waals surface area contributed by atoms with Gasteiger partial charge in [-0.15, -0.1) is 0 Å². The normalized spacial score (nSPS) is 29.3. The molecular formula is C23H32F3N3O. The maximum Gasteiger partial charge on any atom is 0.416 e. The Morgan fingerprint density at radius 3 is 2.47 bits per heavy atom. The van der Waals surface area contributed by atoms with Crippen LogP contribution in [-0.2, 0) is 11.0 Å². The number of carbonyl (C=O) groups is 1. The Hall–Kier alpha value is -1.76. The summed E-state index contributed by atoms with van der Waals surface area (Å²) in [6.07, 6.45) is -0.998. The number of carbonyl (C=O) groups excluding carboxylic acids is 1. The molecule has 166 valence electrons. The number of amides is 1. The van der Waals surface area contributed by atoms with Crippen LogP contribution in [0.5, 0.6) is 0 Å². The molecule has 0 aromatic heterocycles. The summed E-state index contributed by atoms with van der Waals surface area (Å²) in [6.45, 7) is 10.8. The van der Waals surface area contributed by atoms with Gasteiger partial charge in [-0.2, -0.15) is 13.2 Å². The number of hydrogen-bond donors (Lipinski definition) is 0. The minimum Gasteiger partial charge on any atom is -0.369 e. The Morgan fingerprint density at radius 2 is 1.80 bits per heavy atom. The van der Waals surface area contributed by atoms with E-state index in [1.165, 1.54) is 12.1 Å². The van der Waals surface area contributed by atoms with Gasteiger partial charge in [0.2, 0.25) is 5.91 Å². The van der Waals surface area contributed by atoms with E-state index in [9.17, 15) is 18.0 Å². The van der Waals surface area contributed by atoms with Gasteiger partial charge in [-0.05, 0) is 48.3 Å². The van der Waals surface area contributed by atoms with Crippen LogP contribution in [0.1, 0.15) is 45.6 Å². The number of halogens is 3. The van der Waals surface area contributed by atoms with Crippen molar-refractivity contribution in [2.24, 2.45) is 10.8 Å². The average Bonchev–Trinajstić information content (AvgIpc) is 2.90. The molecule has 4 rings (SSSR count). The molecule has 1 amide bonds. The van der Waals surface area contributed by atoms with Gasteiger partial charge in [0.05, 0.1) is 12.1 Å². The summed E-state index contributed by atoms with van der Waals surface area (Å²) in [5.74, 6) is 0.203. The number of likely N-dealkylation sites (tertiary alicyclic amines) is 1. The Morgan fingerprint density at radius 1 is 1.10 bits per heavy atom. The van der Waals surface area contributed by atoms with Gasteiger partial charge in [0.25, 0.3) is 0 Å². The molecular weight excluding hydrogens is 391 g/mol. The second-order valence-corrected chi connectivity index (χ2v) is 10.5. The second-order valence-electron chi connectivity index (χ2n) is 10.5. The number of hydrogen-bond acceptors (Lipinski definition) is 3. The molecule has 1 aromatic rings. The summed E-state index contributed by atoms with van der Waals surface area (Å²) < 4.78 is 39.0. The maximum absolute atomic E-state index is 13.1. The molecule has 30 heavy (non-hydrogen) atoms. The second kappa shape index (κ2) is 7.43. The minimum absolute atomic E-state index is 0.203. The van der Waals surface area contributed by atoms with Crippen molar-refractivity contribution < 1.29 is 18.0 Å². The van der Waals surface area contributed by atoms with Crippen LogP contribution in [0, 0.1) is 10.8 Å². The van der Waals surface area contributed by atoms with E-state index in [4.69, 9.17) is 0 Å². The molecule has 2 bridgehead atoms. The molecule has 3 fully saturated rings. The smallest absolute Gasteiger partial charge is 0.369 e. The minimum atomic E-state index is -4.33. The number of rotatable bonds is 3. The molecule has 1 aliphatic carbocycles. The monoisotopic (exact) mass is 423 g/mol. The number of fused-ring (bicyclic) bond motifs is 2. The van der Waals surface area contributed by atoms with Crippen molar-refractivity contribution in [3.05, 3.63) is 29.8 Å². The molecule has 2 saturated heterocycles. The standard InChI is InChI=1S/C23H32F3N3O/c1-21(2)12-19-13-22(3,15-21)16-29(19)20(30)14-27-7-9-28(10-8-27)18-6-4-5-17(11-18)23(24,25)26/h4-6,11,19H,7-10,12-16H2,1-3H3/t19-,22+/m1/s1. The highest BCUT2D eigenvalue weighted by atomic mass is 19.4. The fraction of sp³-hybridized carbons (Fsp3) is 0.696. The molecule has 1 saturated carbocycles. The molecule has 3 aliphatic rings. The first-order valence-electron chi connectivity index (χ1n) is 10.9. The third-order valence-corrected chi connectivity index (χ3v) is 7.00. The molecule has 7 heteroatoms. The van der Waals surface area contributed by atoms with Crippen LogP contribution in [0.3, 0.4) is 0 Å². The Kier molecular flexibility index (Phi) is 5.32. The Bertz CT molecular complexity index is 801. The van der Waals surface area contributed by atoms with Crippen LogP contribution in [0.4, 0.5) is 18.9 Å². The Balaban J connectivity index is 1.33. The van der Waals surface area contributed by atoms with E-state index in [-0.39, 0.29) is 16.7 Å². The fourth-order valence-corrected chi connectivity index (χ4v) is 6.08. The molecule has 2 heterocycles. The van der Waals surface area contributed by atoms with E-state index in [0.717, 1.165) is 31.9 Å². The highest BCUT2D eigenvalue weighted by Gasteiger charge is 2.50. The first kappa shape index (κ1) is 21.5. The van der Waals surface area contributed by atoms with Gasteiger partial charge in [0.1, 0.15) is 0 Å². The van der Waals surface area contributed by atoms with Crippen LogP contribution in [0.15, 0.2) is 24.3 Å². The number of nitrogens with zero attached hydrogens (tertiary/aromatic N) is 3. The molecule has 4 nitrogen and oxygen atoms in total. The molecule has 1 aromatic carbocycles. The summed E-state index contributed by atoms with van der Waals surface area (Å²) in [4.78, 5) is 19.3. The third-order valence-electron chi connectivity index (χ3n) is 7.00. The van der Waals surface area contributed by atoms with Crippen LogP contribution in [0.2, 0.25) is 0 Å². The largest absolute Gasteiger partial charge is 0.416 e. The highest BCUT2D eigenvalue weighted by Crippen LogP contribution is 2.52. The van der Waals surface area contributed by atoms with Crippen molar-refractivity contribution >= 4 is 11.6 Å². The van der Waals surface area contributed by atoms with Gasteiger partial charge in [0, 0.05) is 44.5 Å². The SMILES string of the molecule is CC1(C)C[C@@H]2C[C@](C)(CN2C(=O)CN2CCN(c3cccc(C(F)(F)F)c3)CC2)C1. The van der Waals surface area contributed by atoms with Crippen LogP contribution in [0.25, 0.3) is 0 Å². The maximum atomic E-state index is 13.1. The molecule has 2 aliphatic heterocycles. The van der Waals surface area contributed by atoms with E-state index >= 15 is 0 Å². The van der Waals surface area contributed by atoms with E-state index in [2.05, 4.69) is 30.6 Å². The topological polar surface area (TPSA) is 26.8 Å². The summed E-state index contributed by atoms with van der Waals surface area (Å²) in [7, 11) is 0. The molecule has 0 radical (unpaired) electrons. The zero-order valence-corrected chi connectivity index (χ0v) is 18.1. The molecule has 0 unspecified atom stereocenters. The van der Waals surface area contributed by atoms with Crippen molar-refractivity contribution in [2.45, 2.75) is 52.3 Å². The van der Waals surface area contributed by atoms with Gasteiger partial charge >= 0.3 is 6.18 Å². The van der Waals surface area contributed by atoms with Crippen LogP contribution < -0.4 is 4.90 Å². The number of benzene rings is 1. The lowest BCUT2D eigenvalue weighted by atomic mass is 9.65. The zero-order chi connectivity index (χ0) is 21.7. The molecule has 2 atom stereocenters. The fourth-order valence-electron chi connectivity index (χ4n) is 6.08. The van der Waals surface area contributed by atoms with E-state index in [1.807, 2.05) is 4.90 Å². The van der Waals surface area contributed by atoms with Gasteiger partial charge in [0.15, 0.2) is 0 Å². The van der Waals surface area contributed by atoms with E-state index < -0.39 is 11.7 Å². The van der Waals surface area contributed by atoms with Gasteiger partial charge in [-0.3, -0.25) is 9.69 Å². The number of piperazine rings is 1. The first-order chi connectivity index (χ1) is 13.9. The lowest BCUT2D eigenvalue weighted by molar-refractivity contribution is -0.137. The van der Waals surface area contributed by atoms with Crippen molar-refractivity contribution in [1.82, 2.24) is 9.80 Å². The van der Waals surface area contributed by atoms with Crippen molar-refractivity contribution in [1.29, 1.82) is 0 Å². The summed E-state index contributed by atoms with van der Waals surface area (Å²) >= 11 is 0. The van der Waals surface area contributed by atoms with Crippen molar-refractivity contribution in [3.8, 4) is 0 Å². The van der Waals surface area contributed by atoms with Gasteiger partial charge in [-0.1, -0.05) is 26.8 Å². The van der Waals surface area contributed by atoms with Crippen LogP contribution in [-0.4, -0.2) is 61.0 Å². The third kappa shape index (κ3) is 4.46. The predicted molar refractivity (Wildman–Crippen MR) is 111 cm³/mol. The Labute approximate surface area is 177 Å². The predicted octanol–water partition coefficient (Wildman–Crippen LogP) is 4.25. The quantitative estimate of drug-likeness (QED) is 0.727. The van der Waals surface area contributed by atoms with Gasteiger partial charge < -0.3 is 9.80 Å². The highest BCUT2D eigenvalue weighted by molar-refractivity contribution is 5.79. The zero-order valence-electron chi connectivity index (χ0n) is 18.1. The average molecular weight is 424 g/mol. The van der Waals surface area contributed by atoms with Crippen molar-refractivity contribution in [2.75, 3.05) is 44.2 Å². The lowest BCUT2D eigenvalue weighted by Crippen LogP contribution is -2.51.